The Morgan fingerprint density at radius 2 is 2.14 bits per heavy atom. The predicted octanol–water partition coefficient (Wildman–Crippen LogP) is 4.05. The molecule has 1 saturated heterocycles. The third kappa shape index (κ3) is 4.20. The third-order valence-corrected chi connectivity index (χ3v) is 5.76. The van der Waals surface area contributed by atoms with Gasteiger partial charge in [-0.15, -0.1) is 11.3 Å². The standard InChI is InChI=1S/C19H19F3N4OS/c20-19(21,22)10-25-18(27)16-6-14(9-28-16)13-4-12-5-15(26-17(12)24-8-13)11-2-1-3-23-7-11/h4-6,8-9,11,23H,1-3,7,10H2,(H,24,26)(H,25,27). The summed E-state index contributed by atoms with van der Waals surface area (Å²) in [5.41, 5.74) is 3.55. The minimum Gasteiger partial charge on any atom is -0.343 e. The fourth-order valence-corrected chi connectivity index (χ4v) is 4.24. The number of nitrogens with one attached hydrogen (secondary N) is 3. The number of alkyl halides is 3. The summed E-state index contributed by atoms with van der Waals surface area (Å²) < 4.78 is 36.8. The predicted molar refractivity (Wildman–Crippen MR) is 103 cm³/mol. The van der Waals surface area contributed by atoms with Gasteiger partial charge in [0.1, 0.15) is 12.2 Å². The van der Waals surface area contributed by atoms with Crippen molar-refractivity contribution in [2.45, 2.75) is 24.9 Å². The lowest BCUT2D eigenvalue weighted by atomic mass is 9.96. The summed E-state index contributed by atoms with van der Waals surface area (Å²) in [6.45, 7) is 0.658. The maximum Gasteiger partial charge on any atom is 0.405 e. The Bertz CT molecular complexity index is 989. The van der Waals surface area contributed by atoms with Crippen molar-refractivity contribution in [1.82, 2.24) is 20.6 Å². The van der Waals surface area contributed by atoms with Crippen molar-refractivity contribution in [3.05, 3.63) is 40.3 Å². The first kappa shape index (κ1) is 18.9. The number of thiophene rings is 1. The molecule has 0 aliphatic carbocycles. The van der Waals surface area contributed by atoms with Gasteiger partial charge < -0.3 is 15.6 Å². The van der Waals surface area contributed by atoms with Gasteiger partial charge in [0, 0.05) is 35.3 Å². The van der Waals surface area contributed by atoms with Gasteiger partial charge in [-0.05, 0) is 48.5 Å². The number of aromatic amines is 1. The maximum atomic E-state index is 12.3. The van der Waals surface area contributed by atoms with Crippen molar-refractivity contribution >= 4 is 28.3 Å². The average Bonchev–Trinajstić information content (AvgIpc) is 3.33. The first-order valence-corrected chi connectivity index (χ1v) is 9.90. The van der Waals surface area contributed by atoms with Gasteiger partial charge in [0.25, 0.3) is 5.91 Å². The van der Waals surface area contributed by atoms with E-state index in [2.05, 4.69) is 21.4 Å². The van der Waals surface area contributed by atoms with Crippen LogP contribution in [0.1, 0.15) is 34.1 Å². The number of rotatable bonds is 4. The number of hydrogen-bond acceptors (Lipinski definition) is 4. The average molecular weight is 408 g/mol. The summed E-state index contributed by atoms with van der Waals surface area (Å²) in [5.74, 6) is -0.284. The molecule has 0 bridgehead atoms. The van der Waals surface area contributed by atoms with Gasteiger partial charge in [0.05, 0.1) is 4.88 Å². The van der Waals surface area contributed by atoms with Crippen LogP contribution in [0.2, 0.25) is 0 Å². The fraction of sp³-hybridized carbons (Fsp3) is 0.368. The molecule has 4 rings (SSSR count). The minimum absolute atomic E-state index is 0.238. The largest absolute Gasteiger partial charge is 0.405 e. The Kier molecular flexibility index (Phi) is 5.11. The van der Waals surface area contributed by atoms with E-state index in [1.165, 1.54) is 0 Å². The van der Waals surface area contributed by atoms with Gasteiger partial charge in [-0.25, -0.2) is 4.98 Å². The van der Waals surface area contributed by atoms with Crippen LogP contribution in [0.5, 0.6) is 0 Å². The van der Waals surface area contributed by atoms with Gasteiger partial charge >= 0.3 is 6.18 Å². The van der Waals surface area contributed by atoms with Crippen molar-refractivity contribution in [3.8, 4) is 11.1 Å². The van der Waals surface area contributed by atoms with E-state index >= 15 is 0 Å². The van der Waals surface area contributed by atoms with Crippen molar-refractivity contribution in [1.29, 1.82) is 0 Å². The zero-order chi connectivity index (χ0) is 19.7. The van der Waals surface area contributed by atoms with Gasteiger partial charge in [-0.3, -0.25) is 4.79 Å². The van der Waals surface area contributed by atoms with Crippen LogP contribution in [0, 0.1) is 0 Å². The number of piperidine rings is 1. The molecule has 1 aliphatic heterocycles. The summed E-state index contributed by atoms with van der Waals surface area (Å²) in [6, 6.07) is 5.68. The Labute approximate surface area is 163 Å². The van der Waals surface area contributed by atoms with E-state index < -0.39 is 18.6 Å². The lowest BCUT2D eigenvalue weighted by molar-refractivity contribution is -0.123. The molecule has 5 nitrogen and oxygen atoms in total. The molecular weight excluding hydrogens is 389 g/mol. The van der Waals surface area contributed by atoms with Crippen LogP contribution >= 0.6 is 11.3 Å². The maximum absolute atomic E-state index is 12.3. The molecule has 0 spiro atoms. The lowest BCUT2D eigenvalue weighted by Gasteiger charge is -2.21. The highest BCUT2D eigenvalue weighted by Gasteiger charge is 2.28. The van der Waals surface area contributed by atoms with Crippen LogP contribution in [0.3, 0.4) is 0 Å². The molecule has 1 amide bonds. The summed E-state index contributed by atoms with van der Waals surface area (Å²) >= 11 is 1.11. The van der Waals surface area contributed by atoms with E-state index in [1.54, 1.807) is 17.6 Å². The summed E-state index contributed by atoms with van der Waals surface area (Å²) in [4.78, 5) is 20.0. The molecule has 3 aromatic rings. The third-order valence-electron chi connectivity index (χ3n) is 4.83. The van der Waals surface area contributed by atoms with E-state index in [-0.39, 0.29) is 4.88 Å². The first-order chi connectivity index (χ1) is 13.4. The van der Waals surface area contributed by atoms with Crippen molar-refractivity contribution < 1.29 is 18.0 Å². The molecule has 148 valence electrons. The van der Waals surface area contributed by atoms with Crippen LogP contribution in [0.4, 0.5) is 13.2 Å². The number of aromatic nitrogens is 2. The highest BCUT2D eigenvalue weighted by atomic mass is 32.1. The van der Waals surface area contributed by atoms with Gasteiger partial charge in [0.2, 0.25) is 0 Å². The number of H-pyrrole nitrogens is 1. The lowest BCUT2D eigenvalue weighted by Crippen LogP contribution is -2.33. The summed E-state index contributed by atoms with van der Waals surface area (Å²) in [5, 5.41) is 8.03. The molecule has 3 aromatic heterocycles. The second-order valence-corrected chi connectivity index (χ2v) is 7.84. The minimum atomic E-state index is -4.43. The summed E-state index contributed by atoms with van der Waals surface area (Å²) in [6.07, 6.45) is -0.438. The van der Waals surface area contributed by atoms with E-state index in [0.717, 1.165) is 65.1 Å². The van der Waals surface area contributed by atoms with Crippen LogP contribution in [0.25, 0.3) is 22.2 Å². The number of amides is 1. The highest BCUT2D eigenvalue weighted by Crippen LogP contribution is 2.30. The van der Waals surface area contributed by atoms with Crippen molar-refractivity contribution in [2.75, 3.05) is 19.6 Å². The normalized spacial score (nSPS) is 17.8. The number of fused-ring (bicyclic) bond motifs is 1. The van der Waals surface area contributed by atoms with Gasteiger partial charge in [-0.1, -0.05) is 0 Å². The molecule has 0 saturated carbocycles. The molecule has 4 heterocycles. The van der Waals surface area contributed by atoms with Gasteiger partial charge in [0.15, 0.2) is 0 Å². The number of halogens is 3. The molecule has 28 heavy (non-hydrogen) atoms. The molecule has 0 aromatic carbocycles. The summed E-state index contributed by atoms with van der Waals surface area (Å²) in [7, 11) is 0. The zero-order valence-corrected chi connectivity index (χ0v) is 15.7. The van der Waals surface area contributed by atoms with E-state index in [4.69, 9.17) is 0 Å². The molecule has 0 radical (unpaired) electrons. The Morgan fingerprint density at radius 1 is 1.29 bits per heavy atom. The smallest absolute Gasteiger partial charge is 0.343 e. The Hall–Kier alpha value is -2.39. The fourth-order valence-electron chi connectivity index (χ4n) is 3.41. The Balaban J connectivity index is 1.53. The van der Waals surface area contributed by atoms with Crippen LogP contribution in [0.15, 0.2) is 29.8 Å². The Morgan fingerprint density at radius 3 is 2.89 bits per heavy atom. The number of nitrogens with zero attached hydrogens (tertiary/aromatic N) is 1. The quantitative estimate of drug-likeness (QED) is 0.610. The molecule has 9 heteroatoms. The second-order valence-electron chi connectivity index (χ2n) is 6.93. The molecule has 1 aliphatic rings. The van der Waals surface area contributed by atoms with E-state index in [9.17, 15) is 18.0 Å². The molecule has 1 fully saturated rings. The number of pyridine rings is 1. The number of carbonyl (C=O) groups is 1. The highest BCUT2D eigenvalue weighted by molar-refractivity contribution is 7.12. The van der Waals surface area contributed by atoms with Crippen molar-refractivity contribution in [3.63, 3.8) is 0 Å². The van der Waals surface area contributed by atoms with Crippen LogP contribution in [-0.2, 0) is 0 Å². The van der Waals surface area contributed by atoms with Crippen LogP contribution < -0.4 is 10.6 Å². The van der Waals surface area contributed by atoms with E-state index in [0.29, 0.717) is 5.92 Å². The van der Waals surface area contributed by atoms with Crippen LogP contribution in [-0.4, -0.2) is 41.7 Å². The molecule has 1 atom stereocenters. The SMILES string of the molecule is O=C(NCC(F)(F)F)c1cc(-c2cnc3[nH]c(C4CCCNC4)cc3c2)cs1. The van der Waals surface area contributed by atoms with E-state index in [1.807, 2.05) is 11.4 Å². The molecule has 1 unspecified atom stereocenters. The first-order valence-electron chi connectivity index (χ1n) is 9.02. The van der Waals surface area contributed by atoms with Crippen molar-refractivity contribution in [2.24, 2.45) is 0 Å². The molecular formula is C19H19F3N4OS. The van der Waals surface area contributed by atoms with Gasteiger partial charge in [-0.2, -0.15) is 13.2 Å². The topological polar surface area (TPSA) is 69.8 Å². The zero-order valence-electron chi connectivity index (χ0n) is 14.9. The number of carbonyl (C=O) groups excluding carboxylic acids is 1. The monoisotopic (exact) mass is 408 g/mol. The number of hydrogen-bond donors (Lipinski definition) is 3. The second kappa shape index (κ2) is 7.56. The molecule has 3 N–H and O–H groups in total.